The summed E-state index contributed by atoms with van der Waals surface area (Å²) in [4.78, 5) is 0. The fourth-order valence-corrected chi connectivity index (χ4v) is 1.99. The van der Waals surface area contributed by atoms with Gasteiger partial charge < -0.3 is 0 Å². The quantitative estimate of drug-likeness (QED) is 0.491. The molecule has 1 rings (SSSR count). The van der Waals surface area contributed by atoms with Gasteiger partial charge in [-0.25, -0.2) is 0 Å². The SMILES string of the molecule is [Se]=S1C=CC=CC1. The van der Waals surface area contributed by atoms with Crippen LogP contribution in [0.25, 0.3) is 0 Å². The molecule has 0 aromatic rings. The average Bonchev–Trinajstić information content (AvgIpc) is 1.69. The van der Waals surface area contributed by atoms with Crippen LogP contribution in [0.5, 0.6) is 0 Å². The van der Waals surface area contributed by atoms with E-state index in [1.165, 1.54) is 5.75 Å². The van der Waals surface area contributed by atoms with Gasteiger partial charge in [0.15, 0.2) is 0 Å². The number of hydrogen-bond acceptors (Lipinski definition) is 0. The maximum absolute atomic E-state index is 3.07. The van der Waals surface area contributed by atoms with Crippen molar-refractivity contribution in [3.8, 4) is 0 Å². The molecule has 1 aliphatic heterocycles. The topological polar surface area (TPSA) is 0 Å². The molecule has 2 heteroatoms. The Labute approximate surface area is 52.9 Å². The maximum atomic E-state index is 3.07. The first-order valence-electron chi connectivity index (χ1n) is 2.10. The van der Waals surface area contributed by atoms with Crippen LogP contribution >= 0.6 is 8.82 Å². The summed E-state index contributed by atoms with van der Waals surface area (Å²) in [5.41, 5.74) is 0. The van der Waals surface area contributed by atoms with Gasteiger partial charge in [0.1, 0.15) is 0 Å². The average molecular weight is 177 g/mol. The summed E-state index contributed by atoms with van der Waals surface area (Å²) < 4.78 is 0. The van der Waals surface area contributed by atoms with E-state index < -0.39 is 0 Å². The third kappa shape index (κ3) is 1.72. The molecule has 1 heterocycles. The van der Waals surface area contributed by atoms with Crippen LogP contribution in [0.3, 0.4) is 0 Å². The normalized spacial score (nSPS) is 28.3. The summed E-state index contributed by atoms with van der Waals surface area (Å²) in [5, 5.41) is 2.19. The van der Waals surface area contributed by atoms with Gasteiger partial charge in [0.05, 0.1) is 0 Å². The molecule has 0 fully saturated rings. The zero-order chi connectivity index (χ0) is 5.11. The first-order chi connectivity index (χ1) is 3.39. The fourth-order valence-electron chi connectivity index (χ4n) is 0.418. The second-order valence-corrected chi connectivity index (χ2v) is 5.37. The van der Waals surface area contributed by atoms with Gasteiger partial charge in [-0.1, -0.05) is 0 Å². The van der Waals surface area contributed by atoms with E-state index in [0.717, 1.165) is 0 Å². The Morgan fingerprint density at radius 2 is 2.29 bits per heavy atom. The molecule has 0 saturated carbocycles. The molecule has 0 saturated heterocycles. The van der Waals surface area contributed by atoms with Crippen molar-refractivity contribution in [2.24, 2.45) is 0 Å². The zero-order valence-corrected chi connectivity index (χ0v) is 6.36. The Bertz CT molecular complexity index is 135. The molecule has 7 heavy (non-hydrogen) atoms. The predicted molar refractivity (Wildman–Crippen MR) is 36.5 cm³/mol. The Balaban J connectivity index is 2.66. The molecule has 38 valence electrons. The third-order valence-corrected chi connectivity index (χ3v) is 3.28. The Kier molecular flexibility index (Phi) is 2.04. The van der Waals surface area contributed by atoms with Crippen LogP contribution in [0, 0.1) is 0 Å². The Morgan fingerprint density at radius 1 is 1.43 bits per heavy atom. The van der Waals surface area contributed by atoms with Gasteiger partial charge in [-0.15, -0.1) is 0 Å². The molecule has 1 atom stereocenters. The van der Waals surface area contributed by atoms with Crippen molar-refractivity contribution in [2.45, 2.75) is 0 Å². The summed E-state index contributed by atoms with van der Waals surface area (Å²) >= 11 is 3.07. The van der Waals surface area contributed by atoms with Crippen molar-refractivity contribution in [1.29, 1.82) is 0 Å². The van der Waals surface area contributed by atoms with E-state index in [9.17, 15) is 0 Å². The fraction of sp³-hybridized carbons (Fsp3) is 0.200. The van der Waals surface area contributed by atoms with Gasteiger partial charge in [0.25, 0.3) is 0 Å². The Hall–Kier alpha value is 0.349. The number of hydrogen-bond donors (Lipinski definition) is 0. The Morgan fingerprint density at radius 3 is 2.57 bits per heavy atom. The zero-order valence-electron chi connectivity index (χ0n) is 3.83. The monoisotopic (exact) mass is 178 g/mol. The molecule has 0 bridgehead atoms. The van der Waals surface area contributed by atoms with Crippen molar-refractivity contribution >= 4 is 23.2 Å². The van der Waals surface area contributed by atoms with Gasteiger partial charge >= 0.3 is 52.6 Å². The molecule has 0 radical (unpaired) electrons. The second-order valence-electron chi connectivity index (χ2n) is 1.30. The number of allylic oxidation sites excluding steroid dienone is 2. The molecule has 0 N–H and O–H groups in total. The summed E-state index contributed by atoms with van der Waals surface area (Å²) in [5.74, 6) is 1.19. The molecule has 0 amide bonds. The molecular formula is C5H6SSe. The van der Waals surface area contributed by atoms with E-state index in [1.54, 1.807) is 0 Å². The van der Waals surface area contributed by atoms with Crippen LogP contribution in [0.1, 0.15) is 0 Å². The van der Waals surface area contributed by atoms with Crippen molar-refractivity contribution in [3.05, 3.63) is 23.6 Å². The van der Waals surface area contributed by atoms with Crippen molar-refractivity contribution < 1.29 is 0 Å². The first kappa shape index (κ1) is 5.49. The van der Waals surface area contributed by atoms with E-state index in [-0.39, 0.29) is 0 Å². The number of rotatable bonds is 0. The van der Waals surface area contributed by atoms with E-state index in [0.29, 0.717) is 8.82 Å². The van der Waals surface area contributed by atoms with Crippen LogP contribution in [0.2, 0.25) is 0 Å². The molecule has 0 aliphatic carbocycles. The van der Waals surface area contributed by atoms with E-state index in [2.05, 4.69) is 38.0 Å². The summed E-state index contributed by atoms with van der Waals surface area (Å²) in [6, 6.07) is 0. The van der Waals surface area contributed by atoms with Crippen LogP contribution < -0.4 is 0 Å². The molecule has 0 spiro atoms. The van der Waals surface area contributed by atoms with E-state index >= 15 is 0 Å². The minimum atomic E-state index is 0.417. The summed E-state index contributed by atoms with van der Waals surface area (Å²) in [7, 11) is 0.417. The van der Waals surface area contributed by atoms with Crippen LogP contribution in [-0.4, -0.2) is 20.1 Å². The van der Waals surface area contributed by atoms with E-state index in [4.69, 9.17) is 0 Å². The van der Waals surface area contributed by atoms with Crippen LogP contribution in [0.4, 0.5) is 0 Å². The summed E-state index contributed by atoms with van der Waals surface area (Å²) in [6.45, 7) is 0. The molecule has 0 nitrogen and oxygen atoms in total. The van der Waals surface area contributed by atoms with Crippen molar-refractivity contribution in [3.63, 3.8) is 0 Å². The van der Waals surface area contributed by atoms with Gasteiger partial charge in [-0.2, -0.15) is 0 Å². The molecule has 0 aromatic carbocycles. The standard InChI is InChI=1S/C5H6SSe/c7-6-4-2-1-3-5-6/h1-4H,5H2. The van der Waals surface area contributed by atoms with E-state index in [1.807, 2.05) is 0 Å². The second kappa shape index (κ2) is 2.61. The molecule has 0 aromatic heterocycles. The third-order valence-electron chi connectivity index (χ3n) is 0.738. The van der Waals surface area contributed by atoms with Crippen LogP contribution in [-0.2, 0) is 0 Å². The predicted octanol–water partition coefficient (Wildman–Crippen LogP) is 1.42. The first-order valence-corrected chi connectivity index (χ1v) is 5.58. The summed E-state index contributed by atoms with van der Waals surface area (Å²) in [6.07, 6.45) is 6.35. The van der Waals surface area contributed by atoms with Crippen molar-refractivity contribution in [1.82, 2.24) is 0 Å². The van der Waals surface area contributed by atoms with Gasteiger partial charge in [0.2, 0.25) is 0 Å². The molecular weight excluding hydrogens is 171 g/mol. The van der Waals surface area contributed by atoms with Gasteiger partial charge in [-0.05, 0) is 0 Å². The molecule has 1 unspecified atom stereocenters. The van der Waals surface area contributed by atoms with Crippen molar-refractivity contribution in [2.75, 3.05) is 5.75 Å². The molecule has 1 aliphatic rings. The minimum absolute atomic E-state index is 0.417. The van der Waals surface area contributed by atoms with Gasteiger partial charge in [0, 0.05) is 0 Å². The van der Waals surface area contributed by atoms with Gasteiger partial charge in [-0.3, -0.25) is 0 Å². The van der Waals surface area contributed by atoms with Crippen LogP contribution in [0.15, 0.2) is 23.6 Å².